The summed E-state index contributed by atoms with van der Waals surface area (Å²) >= 11 is 0. The van der Waals surface area contributed by atoms with Crippen LogP contribution in [0.15, 0.2) is 48.7 Å². The predicted octanol–water partition coefficient (Wildman–Crippen LogP) is 3.02. The van der Waals surface area contributed by atoms with Crippen LogP contribution in [0.5, 0.6) is 5.75 Å². The number of rotatable bonds is 4. The second-order valence-corrected chi connectivity index (χ2v) is 4.74. The fourth-order valence-electron chi connectivity index (χ4n) is 1.55. The first kappa shape index (κ1) is 14.0. The van der Waals surface area contributed by atoms with Gasteiger partial charge in [0, 0.05) is 6.20 Å². The van der Waals surface area contributed by atoms with Gasteiger partial charge in [0.05, 0.1) is 0 Å². The van der Waals surface area contributed by atoms with Crippen molar-refractivity contribution in [2.24, 2.45) is 0 Å². The Labute approximate surface area is 116 Å². The normalized spacial score (nSPS) is 10.9. The summed E-state index contributed by atoms with van der Waals surface area (Å²) in [7, 11) is 0. The first-order chi connectivity index (χ1) is 9.47. The lowest BCUT2D eigenvalue weighted by Crippen LogP contribution is -2.42. The van der Waals surface area contributed by atoms with Crippen LogP contribution in [0, 0.1) is 5.82 Å². The van der Waals surface area contributed by atoms with Crippen LogP contribution in [0.3, 0.4) is 0 Å². The van der Waals surface area contributed by atoms with Crippen LogP contribution in [0.25, 0.3) is 0 Å². The van der Waals surface area contributed by atoms with E-state index in [0.717, 1.165) is 0 Å². The average molecular weight is 274 g/mol. The Hall–Kier alpha value is -2.43. The molecular weight excluding hydrogens is 259 g/mol. The fraction of sp³-hybridized carbons (Fsp3) is 0.200. The van der Waals surface area contributed by atoms with Crippen LogP contribution in [0.1, 0.15) is 13.8 Å². The van der Waals surface area contributed by atoms with Crippen molar-refractivity contribution in [1.82, 2.24) is 4.98 Å². The van der Waals surface area contributed by atoms with Gasteiger partial charge < -0.3 is 10.1 Å². The number of hydrogen-bond acceptors (Lipinski definition) is 3. The molecule has 0 unspecified atom stereocenters. The number of pyridine rings is 1. The standard InChI is InChI=1S/C15H15FN2O2/c1-15(2,20-12-8-6-11(16)7-9-12)14(19)18-13-5-3-4-10-17-13/h3-10H,1-2H3,(H,17,18,19). The maximum Gasteiger partial charge on any atom is 0.269 e. The van der Waals surface area contributed by atoms with Gasteiger partial charge in [-0.15, -0.1) is 0 Å². The number of halogens is 1. The summed E-state index contributed by atoms with van der Waals surface area (Å²) in [5.41, 5.74) is -1.10. The van der Waals surface area contributed by atoms with Crippen molar-refractivity contribution < 1.29 is 13.9 Å². The minimum absolute atomic E-state index is 0.333. The van der Waals surface area contributed by atoms with Gasteiger partial charge in [-0.3, -0.25) is 4.79 Å². The van der Waals surface area contributed by atoms with Crippen molar-refractivity contribution in [3.8, 4) is 5.75 Å². The highest BCUT2D eigenvalue weighted by atomic mass is 19.1. The third-order valence-electron chi connectivity index (χ3n) is 2.64. The second kappa shape index (κ2) is 5.69. The van der Waals surface area contributed by atoms with Crippen LogP contribution >= 0.6 is 0 Å². The lowest BCUT2D eigenvalue weighted by Gasteiger charge is -2.25. The molecule has 1 aromatic carbocycles. The number of nitrogens with one attached hydrogen (secondary N) is 1. The minimum atomic E-state index is -1.10. The van der Waals surface area contributed by atoms with E-state index in [1.165, 1.54) is 24.3 Å². The molecule has 0 spiro atoms. The molecule has 4 nitrogen and oxygen atoms in total. The van der Waals surface area contributed by atoms with Crippen molar-refractivity contribution in [3.63, 3.8) is 0 Å². The number of hydrogen-bond donors (Lipinski definition) is 1. The van der Waals surface area contributed by atoms with Gasteiger partial charge in [0.15, 0.2) is 5.60 Å². The summed E-state index contributed by atoms with van der Waals surface area (Å²) in [6.45, 7) is 3.27. The molecule has 0 aliphatic rings. The largest absolute Gasteiger partial charge is 0.478 e. The molecule has 0 fully saturated rings. The van der Waals surface area contributed by atoms with Crippen LogP contribution < -0.4 is 10.1 Å². The number of ether oxygens (including phenoxy) is 1. The van der Waals surface area contributed by atoms with Crippen LogP contribution in [0.4, 0.5) is 10.2 Å². The molecule has 1 heterocycles. The zero-order valence-corrected chi connectivity index (χ0v) is 11.3. The Morgan fingerprint density at radius 2 is 1.90 bits per heavy atom. The summed E-state index contributed by atoms with van der Waals surface area (Å²) in [5.74, 6) is 0.189. The van der Waals surface area contributed by atoms with Gasteiger partial charge in [0.1, 0.15) is 17.4 Å². The van der Waals surface area contributed by atoms with Gasteiger partial charge >= 0.3 is 0 Å². The molecule has 0 aliphatic heterocycles. The van der Waals surface area contributed by atoms with Crippen molar-refractivity contribution in [1.29, 1.82) is 0 Å². The smallest absolute Gasteiger partial charge is 0.269 e. The van der Waals surface area contributed by atoms with E-state index in [1.54, 1.807) is 38.2 Å². The van der Waals surface area contributed by atoms with Crippen molar-refractivity contribution in [2.45, 2.75) is 19.4 Å². The lowest BCUT2D eigenvalue weighted by molar-refractivity contribution is -0.128. The number of aromatic nitrogens is 1. The van der Waals surface area contributed by atoms with Gasteiger partial charge in [-0.1, -0.05) is 6.07 Å². The molecule has 0 atom stereocenters. The van der Waals surface area contributed by atoms with Gasteiger partial charge in [0.25, 0.3) is 5.91 Å². The molecule has 1 aromatic heterocycles. The lowest BCUT2D eigenvalue weighted by atomic mass is 10.1. The number of anilines is 1. The zero-order chi connectivity index (χ0) is 14.6. The SMILES string of the molecule is CC(C)(Oc1ccc(F)cc1)C(=O)Nc1ccccn1. The molecule has 20 heavy (non-hydrogen) atoms. The molecular formula is C15H15FN2O2. The Balaban J connectivity index is 2.05. The van der Waals surface area contributed by atoms with Crippen molar-refractivity contribution in [2.75, 3.05) is 5.32 Å². The van der Waals surface area contributed by atoms with E-state index in [1.807, 2.05) is 0 Å². The van der Waals surface area contributed by atoms with Gasteiger partial charge in [-0.2, -0.15) is 0 Å². The molecule has 1 N–H and O–H groups in total. The maximum absolute atomic E-state index is 12.8. The number of nitrogens with zero attached hydrogens (tertiary/aromatic N) is 1. The number of carbonyl (C=O) groups is 1. The van der Waals surface area contributed by atoms with Crippen molar-refractivity contribution >= 4 is 11.7 Å². The molecule has 0 saturated carbocycles. The molecule has 0 radical (unpaired) electrons. The highest BCUT2D eigenvalue weighted by Crippen LogP contribution is 2.20. The monoisotopic (exact) mass is 274 g/mol. The summed E-state index contributed by atoms with van der Waals surface area (Å²) in [6, 6.07) is 10.7. The zero-order valence-electron chi connectivity index (χ0n) is 11.3. The molecule has 0 saturated heterocycles. The predicted molar refractivity (Wildman–Crippen MR) is 74.0 cm³/mol. The number of carbonyl (C=O) groups excluding carboxylic acids is 1. The topological polar surface area (TPSA) is 51.2 Å². The maximum atomic E-state index is 12.8. The molecule has 104 valence electrons. The van der Waals surface area contributed by atoms with E-state index in [-0.39, 0.29) is 11.7 Å². The molecule has 2 aromatic rings. The summed E-state index contributed by atoms with van der Waals surface area (Å²) in [4.78, 5) is 16.2. The fourth-order valence-corrected chi connectivity index (χ4v) is 1.55. The van der Waals surface area contributed by atoms with E-state index >= 15 is 0 Å². The minimum Gasteiger partial charge on any atom is -0.478 e. The van der Waals surface area contributed by atoms with E-state index < -0.39 is 5.60 Å². The first-order valence-corrected chi connectivity index (χ1v) is 6.14. The highest BCUT2D eigenvalue weighted by molar-refractivity contribution is 5.96. The van der Waals surface area contributed by atoms with Crippen LogP contribution in [-0.2, 0) is 4.79 Å². The second-order valence-electron chi connectivity index (χ2n) is 4.74. The Kier molecular flexibility index (Phi) is 3.98. The molecule has 0 aliphatic carbocycles. The van der Waals surface area contributed by atoms with Gasteiger partial charge in [0.2, 0.25) is 0 Å². The van der Waals surface area contributed by atoms with Gasteiger partial charge in [-0.05, 0) is 50.2 Å². The highest BCUT2D eigenvalue weighted by Gasteiger charge is 2.30. The quantitative estimate of drug-likeness (QED) is 0.932. The van der Waals surface area contributed by atoms with Gasteiger partial charge in [-0.25, -0.2) is 9.37 Å². The van der Waals surface area contributed by atoms with E-state index in [2.05, 4.69) is 10.3 Å². The summed E-state index contributed by atoms with van der Waals surface area (Å²) < 4.78 is 18.4. The molecule has 5 heteroatoms. The van der Waals surface area contributed by atoms with Crippen LogP contribution in [0.2, 0.25) is 0 Å². The summed E-state index contributed by atoms with van der Waals surface area (Å²) in [6.07, 6.45) is 1.59. The number of benzene rings is 1. The Morgan fingerprint density at radius 3 is 2.50 bits per heavy atom. The third-order valence-corrected chi connectivity index (χ3v) is 2.64. The Bertz CT molecular complexity index is 583. The van der Waals surface area contributed by atoms with E-state index in [4.69, 9.17) is 4.74 Å². The molecule has 1 amide bonds. The number of amides is 1. The van der Waals surface area contributed by atoms with E-state index in [9.17, 15) is 9.18 Å². The summed E-state index contributed by atoms with van der Waals surface area (Å²) in [5, 5.41) is 2.66. The van der Waals surface area contributed by atoms with Crippen molar-refractivity contribution in [3.05, 3.63) is 54.5 Å². The van der Waals surface area contributed by atoms with Crippen LogP contribution in [-0.4, -0.2) is 16.5 Å². The Morgan fingerprint density at radius 1 is 1.20 bits per heavy atom. The van der Waals surface area contributed by atoms with E-state index in [0.29, 0.717) is 11.6 Å². The first-order valence-electron chi connectivity index (χ1n) is 6.14. The third kappa shape index (κ3) is 3.54. The molecule has 2 rings (SSSR count). The molecule has 0 bridgehead atoms. The average Bonchev–Trinajstić information content (AvgIpc) is 2.42.